The Morgan fingerprint density at radius 1 is 1.31 bits per heavy atom. The second-order valence-electron chi connectivity index (χ2n) is 5.22. The van der Waals surface area contributed by atoms with Crippen LogP contribution in [0.2, 0.25) is 0 Å². The predicted octanol–water partition coefficient (Wildman–Crippen LogP) is 2.75. The topological polar surface area (TPSA) is 40.5 Å². The van der Waals surface area contributed by atoms with Crippen molar-refractivity contribution in [3.8, 4) is 0 Å². The van der Waals surface area contributed by atoms with E-state index in [4.69, 9.17) is 5.11 Å². The Morgan fingerprint density at radius 2 is 1.94 bits per heavy atom. The van der Waals surface area contributed by atoms with Gasteiger partial charge in [0.25, 0.3) is 0 Å². The average molecular weight is 227 g/mol. The fourth-order valence-electron chi connectivity index (χ4n) is 2.90. The second kappa shape index (κ2) is 6.89. The summed E-state index contributed by atoms with van der Waals surface area (Å²) >= 11 is 0. The summed E-state index contributed by atoms with van der Waals surface area (Å²) in [5.41, 5.74) is 0. The van der Waals surface area contributed by atoms with Gasteiger partial charge in [0, 0.05) is 12.5 Å². The molecule has 1 aliphatic carbocycles. The maximum Gasteiger partial charge on any atom is 0.303 e. The van der Waals surface area contributed by atoms with E-state index in [2.05, 4.69) is 19.0 Å². The Labute approximate surface area is 98.8 Å². The number of carboxylic acid groups (broad SMARTS) is 1. The highest BCUT2D eigenvalue weighted by molar-refractivity contribution is 5.66. The molecule has 94 valence electrons. The molecule has 1 saturated carbocycles. The van der Waals surface area contributed by atoms with Crippen LogP contribution in [0.1, 0.15) is 51.4 Å². The smallest absolute Gasteiger partial charge is 0.303 e. The molecule has 0 bridgehead atoms. The fraction of sp³-hybridized carbons (Fsp3) is 0.923. The maximum atomic E-state index is 10.5. The molecular formula is C13H25NO2. The molecule has 1 atom stereocenters. The van der Waals surface area contributed by atoms with Crippen LogP contribution in [0.4, 0.5) is 0 Å². The molecule has 1 aliphatic rings. The van der Waals surface area contributed by atoms with Crippen molar-refractivity contribution in [2.24, 2.45) is 5.92 Å². The van der Waals surface area contributed by atoms with Crippen LogP contribution in [0.15, 0.2) is 0 Å². The van der Waals surface area contributed by atoms with Gasteiger partial charge in [-0.2, -0.15) is 0 Å². The quantitative estimate of drug-likeness (QED) is 0.758. The molecule has 0 aromatic heterocycles. The SMILES string of the molecule is CN(C)C(CCCC(=O)O)C1CCCCC1. The lowest BCUT2D eigenvalue weighted by molar-refractivity contribution is -0.137. The molecular weight excluding hydrogens is 202 g/mol. The number of aliphatic carboxylic acids is 1. The number of carboxylic acids is 1. The summed E-state index contributed by atoms with van der Waals surface area (Å²) in [6.45, 7) is 0. The average Bonchev–Trinajstić information content (AvgIpc) is 2.25. The third-order valence-corrected chi connectivity index (χ3v) is 3.75. The van der Waals surface area contributed by atoms with Crippen molar-refractivity contribution in [2.75, 3.05) is 14.1 Å². The van der Waals surface area contributed by atoms with Crippen molar-refractivity contribution >= 4 is 5.97 Å². The first-order chi connectivity index (χ1) is 7.61. The van der Waals surface area contributed by atoms with Crippen molar-refractivity contribution < 1.29 is 9.90 Å². The summed E-state index contributed by atoms with van der Waals surface area (Å²) in [6.07, 6.45) is 8.91. The third-order valence-electron chi connectivity index (χ3n) is 3.75. The van der Waals surface area contributed by atoms with Gasteiger partial charge in [-0.3, -0.25) is 4.79 Å². The Morgan fingerprint density at radius 3 is 2.44 bits per heavy atom. The molecule has 1 N–H and O–H groups in total. The Bertz CT molecular complexity index is 210. The van der Waals surface area contributed by atoms with E-state index in [1.54, 1.807) is 0 Å². The van der Waals surface area contributed by atoms with Crippen molar-refractivity contribution in [1.82, 2.24) is 4.90 Å². The largest absolute Gasteiger partial charge is 0.481 e. The first-order valence-corrected chi connectivity index (χ1v) is 6.49. The number of nitrogens with zero attached hydrogens (tertiary/aromatic N) is 1. The van der Waals surface area contributed by atoms with Crippen molar-refractivity contribution in [2.45, 2.75) is 57.4 Å². The van der Waals surface area contributed by atoms with Gasteiger partial charge in [0.05, 0.1) is 0 Å². The summed E-state index contributed by atoms with van der Waals surface area (Å²) in [4.78, 5) is 12.8. The molecule has 0 spiro atoms. The molecule has 3 heteroatoms. The van der Waals surface area contributed by atoms with Crippen LogP contribution in [-0.2, 0) is 4.79 Å². The normalized spacial score (nSPS) is 19.9. The highest BCUT2D eigenvalue weighted by Gasteiger charge is 2.24. The molecule has 0 aromatic carbocycles. The van der Waals surface area contributed by atoms with E-state index in [9.17, 15) is 4.79 Å². The maximum absolute atomic E-state index is 10.5. The predicted molar refractivity (Wildman–Crippen MR) is 65.5 cm³/mol. The second-order valence-corrected chi connectivity index (χ2v) is 5.22. The van der Waals surface area contributed by atoms with Crippen LogP contribution in [0, 0.1) is 5.92 Å². The number of hydrogen-bond donors (Lipinski definition) is 1. The lowest BCUT2D eigenvalue weighted by Crippen LogP contribution is -2.36. The number of hydrogen-bond acceptors (Lipinski definition) is 2. The van der Waals surface area contributed by atoms with Crippen LogP contribution in [0.25, 0.3) is 0 Å². The zero-order valence-electron chi connectivity index (χ0n) is 10.6. The van der Waals surface area contributed by atoms with E-state index in [1.165, 1.54) is 32.1 Å². The highest BCUT2D eigenvalue weighted by atomic mass is 16.4. The number of carbonyl (C=O) groups is 1. The minimum Gasteiger partial charge on any atom is -0.481 e. The van der Waals surface area contributed by atoms with Crippen LogP contribution >= 0.6 is 0 Å². The molecule has 0 aliphatic heterocycles. The van der Waals surface area contributed by atoms with Gasteiger partial charge in [-0.15, -0.1) is 0 Å². The van der Waals surface area contributed by atoms with E-state index in [1.807, 2.05) is 0 Å². The summed E-state index contributed by atoms with van der Waals surface area (Å²) in [5.74, 6) is 0.124. The van der Waals surface area contributed by atoms with Crippen molar-refractivity contribution in [1.29, 1.82) is 0 Å². The van der Waals surface area contributed by atoms with Crippen LogP contribution in [-0.4, -0.2) is 36.1 Å². The van der Waals surface area contributed by atoms with Gasteiger partial charge in [0.2, 0.25) is 0 Å². The Kier molecular flexibility index (Phi) is 5.81. The van der Waals surface area contributed by atoms with Gasteiger partial charge < -0.3 is 10.0 Å². The monoisotopic (exact) mass is 227 g/mol. The van der Waals surface area contributed by atoms with Crippen molar-refractivity contribution in [3.05, 3.63) is 0 Å². The number of rotatable bonds is 6. The fourth-order valence-corrected chi connectivity index (χ4v) is 2.90. The molecule has 0 heterocycles. The molecule has 16 heavy (non-hydrogen) atoms. The molecule has 0 amide bonds. The molecule has 0 aromatic rings. The minimum absolute atomic E-state index is 0.317. The third kappa shape index (κ3) is 4.52. The van der Waals surface area contributed by atoms with Crippen LogP contribution in [0.3, 0.4) is 0 Å². The van der Waals surface area contributed by atoms with Gasteiger partial charge >= 0.3 is 5.97 Å². The molecule has 1 unspecified atom stereocenters. The van der Waals surface area contributed by atoms with Crippen LogP contribution in [0.5, 0.6) is 0 Å². The van der Waals surface area contributed by atoms with E-state index in [0.29, 0.717) is 12.5 Å². The first kappa shape index (κ1) is 13.5. The van der Waals surface area contributed by atoms with Gasteiger partial charge in [-0.1, -0.05) is 19.3 Å². The van der Waals surface area contributed by atoms with Gasteiger partial charge in [0.1, 0.15) is 0 Å². The van der Waals surface area contributed by atoms with Gasteiger partial charge in [-0.25, -0.2) is 0 Å². The molecule has 0 radical (unpaired) electrons. The zero-order valence-corrected chi connectivity index (χ0v) is 10.6. The van der Waals surface area contributed by atoms with Gasteiger partial charge in [0.15, 0.2) is 0 Å². The van der Waals surface area contributed by atoms with Gasteiger partial charge in [-0.05, 0) is 45.7 Å². The van der Waals surface area contributed by atoms with Crippen LogP contribution < -0.4 is 0 Å². The summed E-state index contributed by atoms with van der Waals surface area (Å²) in [6, 6.07) is 0.583. The molecule has 3 nitrogen and oxygen atoms in total. The Hall–Kier alpha value is -0.570. The lowest BCUT2D eigenvalue weighted by atomic mass is 9.81. The molecule has 1 rings (SSSR count). The van der Waals surface area contributed by atoms with E-state index in [-0.39, 0.29) is 0 Å². The minimum atomic E-state index is -0.666. The highest BCUT2D eigenvalue weighted by Crippen LogP contribution is 2.30. The Balaban J connectivity index is 2.36. The first-order valence-electron chi connectivity index (χ1n) is 6.49. The zero-order chi connectivity index (χ0) is 12.0. The molecule has 1 fully saturated rings. The summed E-state index contributed by atoms with van der Waals surface area (Å²) in [7, 11) is 4.25. The van der Waals surface area contributed by atoms with E-state index >= 15 is 0 Å². The van der Waals surface area contributed by atoms with E-state index in [0.717, 1.165) is 18.8 Å². The van der Waals surface area contributed by atoms with E-state index < -0.39 is 5.97 Å². The summed E-state index contributed by atoms with van der Waals surface area (Å²) in [5, 5.41) is 8.66. The standard InChI is InChI=1S/C13H25NO2/c1-14(2)12(9-6-10-13(15)16)11-7-4-3-5-8-11/h11-12H,3-10H2,1-2H3,(H,15,16). The molecule has 0 saturated heterocycles. The summed E-state index contributed by atoms with van der Waals surface area (Å²) < 4.78 is 0. The lowest BCUT2D eigenvalue weighted by Gasteiger charge is -2.34. The van der Waals surface area contributed by atoms with Crippen molar-refractivity contribution in [3.63, 3.8) is 0 Å².